The van der Waals surface area contributed by atoms with E-state index in [0.717, 1.165) is 38.7 Å². The van der Waals surface area contributed by atoms with Gasteiger partial charge in [-0.2, -0.15) is 10.2 Å². The van der Waals surface area contributed by atoms with E-state index in [1.54, 1.807) is 41.2 Å². The van der Waals surface area contributed by atoms with Crippen LogP contribution in [0.5, 0.6) is 5.75 Å². The molecule has 10 heteroatoms. The predicted octanol–water partition coefficient (Wildman–Crippen LogP) is 4.49. The van der Waals surface area contributed by atoms with Crippen molar-refractivity contribution in [1.82, 2.24) is 29.4 Å². The summed E-state index contributed by atoms with van der Waals surface area (Å²) >= 11 is 6.59. The second-order valence-corrected chi connectivity index (χ2v) is 10.5. The average molecular weight is 538 g/mol. The lowest BCUT2D eigenvalue weighted by atomic mass is 10.0. The lowest BCUT2D eigenvalue weighted by molar-refractivity contribution is 0.0709. The first-order chi connectivity index (χ1) is 18.9. The van der Waals surface area contributed by atoms with Gasteiger partial charge in [-0.3, -0.25) is 14.2 Å². The smallest absolute Gasteiger partial charge is 0.255 e. The summed E-state index contributed by atoms with van der Waals surface area (Å²) < 4.78 is 9.70. The molecule has 1 aliphatic carbocycles. The number of amides is 1. The molecular weight excluding hydrogens is 514 g/mol. The molecule has 2 aliphatic rings. The van der Waals surface area contributed by atoms with Crippen molar-refractivity contribution in [3.63, 3.8) is 0 Å². The zero-order valence-electron chi connectivity index (χ0n) is 21.3. The molecule has 7 rings (SSSR count). The van der Waals surface area contributed by atoms with E-state index < -0.39 is 0 Å². The number of fused-ring (bicyclic) bond motifs is 4. The highest BCUT2D eigenvalue weighted by atomic mass is 35.5. The van der Waals surface area contributed by atoms with Crippen LogP contribution in [0.2, 0.25) is 5.02 Å². The van der Waals surface area contributed by atoms with Crippen LogP contribution in [0, 0.1) is 11.8 Å². The van der Waals surface area contributed by atoms with Gasteiger partial charge in [0.25, 0.3) is 5.91 Å². The van der Waals surface area contributed by atoms with Gasteiger partial charge < -0.3 is 15.4 Å². The maximum atomic E-state index is 13.7. The van der Waals surface area contributed by atoms with Crippen LogP contribution in [0.4, 0.5) is 5.82 Å². The first kappa shape index (κ1) is 23.6. The molecule has 1 amide bonds. The minimum Gasteiger partial charge on any atom is -0.491 e. The second kappa shape index (κ2) is 8.75. The van der Waals surface area contributed by atoms with Crippen molar-refractivity contribution in [3.05, 3.63) is 76.2 Å². The number of carbonyl (C=O) groups excluding carboxylic acids is 1. The largest absolute Gasteiger partial charge is 0.491 e. The van der Waals surface area contributed by atoms with Gasteiger partial charge in [-0.15, -0.1) is 0 Å². The van der Waals surface area contributed by atoms with Crippen molar-refractivity contribution < 1.29 is 9.53 Å². The maximum Gasteiger partial charge on any atom is 0.255 e. The SMILES string of the molecule is CN(C(=O)c1cc2c(cc1Cl)nc(N)c1cnn(C)c12)C1COc2cc(C#Cc3cnn(C4CC4)c3)ccc21. The van der Waals surface area contributed by atoms with E-state index in [1.165, 1.54) is 12.8 Å². The third-order valence-corrected chi connectivity index (χ3v) is 7.77. The van der Waals surface area contributed by atoms with Crippen molar-refractivity contribution in [2.24, 2.45) is 7.05 Å². The van der Waals surface area contributed by atoms with Crippen LogP contribution in [-0.4, -0.2) is 49.0 Å². The van der Waals surface area contributed by atoms with Gasteiger partial charge in [0.1, 0.15) is 18.2 Å². The van der Waals surface area contributed by atoms with Crippen LogP contribution in [0.25, 0.3) is 21.8 Å². The molecule has 1 atom stereocenters. The van der Waals surface area contributed by atoms with Crippen LogP contribution in [0.1, 0.15) is 52.0 Å². The van der Waals surface area contributed by atoms with E-state index in [0.29, 0.717) is 34.6 Å². The number of carbonyl (C=O) groups is 1. The number of halogens is 1. The molecule has 194 valence electrons. The predicted molar refractivity (Wildman–Crippen MR) is 149 cm³/mol. The van der Waals surface area contributed by atoms with Crippen LogP contribution in [0.3, 0.4) is 0 Å². The van der Waals surface area contributed by atoms with E-state index in [2.05, 4.69) is 27.0 Å². The summed E-state index contributed by atoms with van der Waals surface area (Å²) in [6, 6.07) is 9.57. The summed E-state index contributed by atoms with van der Waals surface area (Å²) in [5.74, 6) is 7.26. The highest BCUT2D eigenvalue weighted by Gasteiger charge is 2.32. The maximum absolute atomic E-state index is 13.7. The Balaban J connectivity index is 1.17. The molecule has 0 radical (unpaired) electrons. The van der Waals surface area contributed by atoms with Crippen LogP contribution in [-0.2, 0) is 7.05 Å². The third-order valence-electron chi connectivity index (χ3n) is 7.46. The zero-order chi connectivity index (χ0) is 26.8. The molecule has 0 saturated heterocycles. The van der Waals surface area contributed by atoms with Gasteiger partial charge in [-0.1, -0.05) is 29.5 Å². The average Bonchev–Trinajstić information content (AvgIpc) is 3.32. The van der Waals surface area contributed by atoms with Crippen molar-refractivity contribution in [1.29, 1.82) is 0 Å². The molecule has 0 spiro atoms. The Bertz CT molecular complexity index is 1880. The molecule has 1 aliphatic heterocycles. The topological polar surface area (TPSA) is 104 Å². The molecule has 39 heavy (non-hydrogen) atoms. The molecular formula is C29H24ClN7O2. The summed E-state index contributed by atoms with van der Waals surface area (Å²) in [4.78, 5) is 19.8. The summed E-state index contributed by atoms with van der Waals surface area (Å²) in [5.41, 5.74) is 10.6. The van der Waals surface area contributed by atoms with Gasteiger partial charge in [0.15, 0.2) is 0 Å². The Kier molecular flexibility index (Phi) is 5.28. The fourth-order valence-corrected chi connectivity index (χ4v) is 5.39. The van der Waals surface area contributed by atoms with Crippen molar-refractivity contribution >= 4 is 45.1 Å². The molecule has 1 saturated carbocycles. The first-order valence-corrected chi connectivity index (χ1v) is 13.1. The van der Waals surface area contributed by atoms with Gasteiger partial charge >= 0.3 is 0 Å². The number of aryl methyl sites for hydroxylation is 1. The van der Waals surface area contributed by atoms with Crippen LogP contribution in [0.15, 0.2) is 48.9 Å². The number of anilines is 1. The number of ether oxygens (including phenoxy) is 1. The Hall–Kier alpha value is -4.55. The van der Waals surface area contributed by atoms with E-state index in [1.807, 2.05) is 36.1 Å². The van der Waals surface area contributed by atoms with E-state index >= 15 is 0 Å². The summed E-state index contributed by atoms with van der Waals surface area (Å²) in [5, 5.41) is 10.5. The number of nitrogen functional groups attached to an aromatic ring is 1. The van der Waals surface area contributed by atoms with Gasteiger partial charge in [-0.25, -0.2) is 4.98 Å². The molecule has 9 nitrogen and oxygen atoms in total. The van der Waals surface area contributed by atoms with Crippen molar-refractivity contribution in [3.8, 4) is 17.6 Å². The Labute approximate surface area is 229 Å². The van der Waals surface area contributed by atoms with Gasteiger partial charge in [0.2, 0.25) is 0 Å². The Morgan fingerprint density at radius 2 is 1.95 bits per heavy atom. The van der Waals surface area contributed by atoms with Gasteiger partial charge in [-0.05, 0) is 37.1 Å². The molecule has 4 heterocycles. The standard InChI is InChI=1S/C29H24ClN7O2/c1-35(29(38)20-10-21-24(11-23(20)30)34-28(31)22-13-32-36(2)27(21)22)25-15-39-26-9-16(5-8-19(25)26)3-4-17-12-33-37(14-17)18-6-7-18/h5,8-14,18,25H,6-7,15H2,1-2H3,(H2,31,34). The summed E-state index contributed by atoms with van der Waals surface area (Å²) in [6.07, 6.45) is 7.83. The molecule has 1 unspecified atom stereocenters. The Morgan fingerprint density at radius 3 is 2.77 bits per heavy atom. The van der Waals surface area contributed by atoms with Crippen LogP contribution >= 0.6 is 11.6 Å². The molecule has 3 aromatic heterocycles. The second-order valence-electron chi connectivity index (χ2n) is 10.1. The number of hydrogen-bond donors (Lipinski definition) is 1. The number of pyridine rings is 1. The first-order valence-electron chi connectivity index (χ1n) is 12.7. The highest BCUT2D eigenvalue weighted by Crippen LogP contribution is 2.38. The number of hydrogen-bond acceptors (Lipinski definition) is 6. The molecule has 2 aromatic carbocycles. The van der Waals surface area contributed by atoms with E-state index in [4.69, 9.17) is 22.1 Å². The number of nitrogens with two attached hydrogens (primary N) is 1. The minimum atomic E-state index is -0.265. The number of aromatic nitrogens is 5. The lowest BCUT2D eigenvalue weighted by Crippen LogP contribution is -2.32. The normalized spacial score (nSPS) is 16.1. The summed E-state index contributed by atoms with van der Waals surface area (Å²) in [7, 11) is 3.59. The number of likely N-dealkylation sites (N-methyl/N-ethyl adjacent to an activating group) is 1. The quantitative estimate of drug-likeness (QED) is 0.340. The van der Waals surface area contributed by atoms with Crippen molar-refractivity contribution in [2.75, 3.05) is 19.4 Å². The third kappa shape index (κ3) is 3.96. The fraction of sp³-hybridized carbons (Fsp3) is 0.241. The fourth-order valence-electron chi connectivity index (χ4n) is 5.15. The van der Waals surface area contributed by atoms with Crippen LogP contribution < -0.4 is 10.5 Å². The molecule has 0 bridgehead atoms. The highest BCUT2D eigenvalue weighted by molar-refractivity contribution is 6.35. The van der Waals surface area contributed by atoms with Gasteiger partial charge in [0, 0.05) is 36.8 Å². The number of rotatable bonds is 3. The lowest BCUT2D eigenvalue weighted by Gasteiger charge is -2.24. The van der Waals surface area contributed by atoms with Gasteiger partial charge in [0.05, 0.1) is 57.0 Å². The van der Waals surface area contributed by atoms with Crippen molar-refractivity contribution in [2.45, 2.75) is 24.9 Å². The molecule has 5 aromatic rings. The Morgan fingerprint density at radius 1 is 1.13 bits per heavy atom. The monoisotopic (exact) mass is 537 g/mol. The minimum absolute atomic E-state index is 0.216. The number of nitrogens with zero attached hydrogens (tertiary/aromatic N) is 6. The van der Waals surface area contributed by atoms with E-state index in [9.17, 15) is 4.79 Å². The number of benzene rings is 2. The molecule has 1 fully saturated rings. The zero-order valence-corrected chi connectivity index (χ0v) is 22.1. The summed E-state index contributed by atoms with van der Waals surface area (Å²) in [6.45, 7) is 0.345. The molecule has 2 N–H and O–H groups in total. The van der Waals surface area contributed by atoms with E-state index in [-0.39, 0.29) is 11.9 Å².